The van der Waals surface area contributed by atoms with E-state index >= 15 is 4.39 Å². The molecule has 8 nitrogen and oxygen atoms in total. The average Bonchev–Trinajstić information content (AvgIpc) is 3.07. The molecule has 3 radical (unpaired) electrons. The topological polar surface area (TPSA) is 115 Å². The highest BCUT2D eigenvalue weighted by Gasteiger charge is 2.38. The number of hydrogen-bond acceptors (Lipinski definition) is 6. The van der Waals surface area contributed by atoms with Gasteiger partial charge in [-0.3, -0.25) is 9.20 Å². The summed E-state index contributed by atoms with van der Waals surface area (Å²) in [6.45, 7) is 7.20. The molecule has 1 aliphatic carbocycles. The smallest absolute Gasteiger partial charge is 0.258 e. The number of nitrogen functional groups attached to an aromatic ring is 1. The molecule has 0 aliphatic heterocycles. The molecule has 0 bridgehead atoms. The Hall–Kier alpha value is -2.69. The molecule has 2 aromatic heterocycles. The first-order valence-corrected chi connectivity index (χ1v) is 11.8. The molecule has 1 fully saturated rings. The molecule has 1 saturated carbocycles. The Kier molecular flexibility index (Phi) is 6.34. The number of rotatable bonds is 6. The van der Waals surface area contributed by atoms with Gasteiger partial charge in [-0.15, -0.1) is 0 Å². The zero-order valence-corrected chi connectivity index (χ0v) is 21.1. The third-order valence-electron chi connectivity index (χ3n) is 5.94. The molecule has 2 heterocycles. The van der Waals surface area contributed by atoms with E-state index in [9.17, 15) is 9.90 Å². The van der Waals surface area contributed by atoms with E-state index in [2.05, 4.69) is 20.5 Å². The Morgan fingerprint density at radius 1 is 1.47 bits per heavy atom. The number of nitrogens with zero attached hydrogens (tertiary/aromatic N) is 3. The third-order valence-corrected chi connectivity index (χ3v) is 6.71. The van der Waals surface area contributed by atoms with Crippen molar-refractivity contribution in [3.05, 3.63) is 51.9 Å². The number of benzene rings is 1. The van der Waals surface area contributed by atoms with Crippen molar-refractivity contribution in [2.75, 3.05) is 5.73 Å². The van der Waals surface area contributed by atoms with E-state index in [1.807, 2.05) is 13.8 Å². The van der Waals surface area contributed by atoms with Gasteiger partial charge in [0, 0.05) is 39.3 Å². The average molecular weight is 503 g/mol. The lowest BCUT2D eigenvalue weighted by Crippen LogP contribution is -2.47. The van der Waals surface area contributed by atoms with Crippen LogP contribution in [0.15, 0.2) is 18.5 Å². The van der Waals surface area contributed by atoms with Gasteiger partial charge in [-0.25, -0.2) is 14.4 Å². The second kappa shape index (κ2) is 8.83. The molecule has 34 heavy (non-hydrogen) atoms. The Bertz CT molecular complexity index is 1270. The van der Waals surface area contributed by atoms with Gasteiger partial charge in [-0.2, -0.15) is 0 Å². The first kappa shape index (κ1) is 24.4. The summed E-state index contributed by atoms with van der Waals surface area (Å²) < 4.78 is 23.1. The van der Waals surface area contributed by atoms with E-state index < -0.39 is 22.9 Å². The van der Waals surface area contributed by atoms with Crippen molar-refractivity contribution in [1.29, 1.82) is 0 Å². The van der Waals surface area contributed by atoms with Gasteiger partial charge in [-0.1, -0.05) is 18.5 Å². The Balaban J connectivity index is 1.91. The number of aliphatic hydroxyl groups excluding tert-OH is 1. The Morgan fingerprint density at radius 3 is 2.76 bits per heavy atom. The molecule has 1 atom stereocenters. The Labute approximate surface area is 205 Å². The van der Waals surface area contributed by atoms with Crippen LogP contribution in [0.3, 0.4) is 0 Å². The van der Waals surface area contributed by atoms with Crippen LogP contribution in [0.2, 0.25) is 5.02 Å². The van der Waals surface area contributed by atoms with Crippen molar-refractivity contribution in [1.82, 2.24) is 19.7 Å². The number of nitrogens with two attached hydrogens (primary N) is 1. The summed E-state index contributed by atoms with van der Waals surface area (Å²) in [4.78, 5) is 22.0. The van der Waals surface area contributed by atoms with Crippen LogP contribution in [-0.4, -0.2) is 53.9 Å². The number of hydrogen-bond donors (Lipinski definition) is 3. The lowest BCUT2D eigenvalue weighted by molar-refractivity contribution is 0.0559. The van der Waals surface area contributed by atoms with Crippen LogP contribution in [0.1, 0.15) is 61.1 Å². The zero-order valence-electron chi connectivity index (χ0n) is 19.3. The number of ether oxygens (including phenoxy) is 1. The van der Waals surface area contributed by atoms with Gasteiger partial charge < -0.3 is 20.9 Å². The standard InChI is InChI=1S/C23H26ClFN5O3Si/c1-10(2)33-19-14(9-15(24)17(25)16(19)21(32)29-12-7-13(31)8-12)23(4,34)22-28-11(3)18-20(26)27-5-6-30(18)22/h5-6,9-10,12-13,31H,7-8H2,1-4H3,(H2,26,27)(H,29,32). The second-order valence-electron chi connectivity index (χ2n) is 9.06. The van der Waals surface area contributed by atoms with E-state index in [1.54, 1.807) is 30.6 Å². The first-order chi connectivity index (χ1) is 15.9. The molecular weight excluding hydrogens is 477 g/mol. The molecular formula is C23H26ClFN5O3Si. The zero-order chi connectivity index (χ0) is 24.9. The molecule has 1 aliphatic rings. The molecule has 1 aromatic carbocycles. The molecule has 1 amide bonds. The van der Waals surface area contributed by atoms with Crippen molar-refractivity contribution in [2.45, 2.75) is 63.8 Å². The summed E-state index contributed by atoms with van der Waals surface area (Å²) in [5.74, 6) is -0.633. The van der Waals surface area contributed by atoms with Crippen molar-refractivity contribution in [3.63, 3.8) is 0 Å². The highest BCUT2D eigenvalue weighted by Crippen LogP contribution is 2.42. The molecule has 4 N–H and O–H groups in total. The largest absolute Gasteiger partial charge is 0.490 e. The fourth-order valence-electron chi connectivity index (χ4n) is 4.22. The predicted octanol–water partition coefficient (Wildman–Crippen LogP) is 2.88. The monoisotopic (exact) mass is 502 g/mol. The third kappa shape index (κ3) is 4.14. The molecule has 1 unspecified atom stereocenters. The van der Waals surface area contributed by atoms with Gasteiger partial charge in [0.25, 0.3) is 5.91 Å². The SMILES string of the molecule is Cc1nc(C(C)([Si])c2cc(Cl)c(F)c(C(=O)NC3CC(O)C3)c2OC(C)C)n2ccnc(N)c12. The van der Waals surface area contributed by atoms with E-state index in [4.69, 9.17) is 27.1 Å². The van der Waals surface area contributed by atoms with E-state index in [0.717, 1.165) is 0 Å². The minimum absolute atomic E-state index is 0.0585. The highest BCUT2D eigenvalue weighted by molar-refractivity contribution is 6.31. The fraction of sp³-hybridized carbons (Fsp3) is 0.435. The van der Waals surface area contributed by atoms with Gasteiger partial charge in [0.15, 0.2) is 5.82 Å². The van der Waals surface area contributed by atoms with Crippen LogP contribution in [0.25, 0.3) is 5.52 Å². The number of carbonyl (C=O) groups excluding carboxylic acids is 1. The maximum atomic E-state index is 15.3. The van der Waals surface area contributed by atoms with Crippen molar-refractivity contribution >= 4 is 39.1 Å². The number of fused-ring (bicyclic) bond motifs is 1. The van der Waals surface area contributed by atoms with Gasteiger partial charge >= 0.3 is 0 Å². The van der Waals surface area contributed by atoms with Crippen molar-refractivity contribution < 1.29 is 19.0 Å². The first-order valence-electron chi connectivity index (χ1n) is 10.9. The van der Waals surface area contributed by atoms with Crippen LogP contribution in [0.4, 0.5) is 10.2 Å². The minimum atomic E-state index is -1.06. The van der Waals surface area contributed by atoms with Crippen molar-refractivity contribution in [2.24, 2.45) is 0 Å². The number of anilines is 1. The molecule has 0 saturated heterocycles. The summed E-state index contributed by atoms with van der Waals surface area (Å²) in [6, 6.07) is 1.19. The quantitative estimate of drug-likeness (QED) is 0.446. The van der Waals surface area contributed by atoms with Gasteiger partial charge in [0.05, 0.1) is 22.9 Å². The summed E-state index contributed by atoms with van der Waals surface area (Å²) in [5.41, 5.74) is 7.51. The summed E-state index contributed by atoms with van der Waals surface area (Å²) in [7, 11) is 3.82. The minimum Gasteiger partial charge on any atom is -0.490 e. The van der Waals surface area contributed by atoms with E-state index in [1.165, 1.54) is 6.07 Å². The lowest BCUT2D eigenvalue weighted by atomic mass is 9.89. The fourth-order valence-corrected chi connectivity index (χ4v) is 4.78. The number of nitrogens with one attached hydrogen (secondary N) is 1. The number of aromatic nitrogens is 3. The van der Waals surface area contributed by atoms with Crippen LogP contribution in [0, 0.1) is 12.7 Å². The molecule has 4 rings (SSSR count). The number of amides is 1. The van der Waals surface area contributed by atoms with Crippen LogP contribution >= 0.6 is 11.6 Å². The second-order valence-corrected chi connectivity index (χ2v) is 10.5. The number of aryl methyl sites for hydroxylation is 1. The molecule has 0 spiro atoms. The summed E-state index contributed by atoms with van der Waals surface area (Å²) in [6.07, 6.45) is 3.27. The van der Waals surface area contributed by atoms with Crippen LogP contribution < -0.4 is 15.8 Å². The van der Waals surface area contributed by atoms with Crippen molar-refractivity contribution in [3.8, 4) is 5.75 Å². The number of imidazole rings is 1. The highest BCUT2D eigenvalue weighted by atomic mass is 35.5. The normalized spacial score (nSPS) is 19.7. The van der Waals surface area contributed by atoms with E-state index in [0.29, 0.717) is 41.3 Å². The number of aliphatic hydroxyl groups is 1. The predicted molar refractivity (Wildman–Crippen MR) is 128 cm³/mol. The van der Waals surface area contributed by atoms with Gasteiger partial charge in [0.1, 0.15) is 28.5 Å². The summed E-state index contributed by atoms with van der Waals surface area (Å²) in [5, 5.41) is 11.0. The number of halogens is 2. The number of carbonyl (C=O) groups is 1. The van der Waals surface area contributed by atoms with Gasteiger partial charge in [0.2, 0.25) is 0 Å². The Morgan fingerprint density at radius 2 is 2.15 bits per heavy atom. The molecule has 11 heteroatoms. The van der Waals surface area contributed by atoms with E-state index in [-0.39, 0.29) is 28.5 Å². The van der Waals surface area contributed by atoms with Crippen LogP contribution in [-0.2, 0) is 5.04 Å². The molecule has 3 aromatic rings. The summed E-state index contributed by atoms with van der Waals surface area (Å²) >= 11 is 6.29. The van der Waals surface area contributed by atoms with Gasteiger partial charge in [-0.05, 0) is 39.7 Å². The maximum Gasteiger partial charge on any atom is 0.258 e. The maximum absolute atomic E-state index is 15.3. The van der Waals surface area contributed by atoms with Crippen LogP contribution in [0.5, 0.6) is 5.75 Å². The molecule has 179 valence electrons. The lowest BCUT2D eigenvalue weighted by Gasteiger charge is -2.33.